The zero-order chi connectivity index (χ0) is 12.3. The Labute approximate surface area is 106 Å². The molecule has 1 atom stereocenters. The topological polar surface area (TPSA) is 49.3 Å². The van der Waals surface area contributed by atoms with Crippen molar-refractivity contribution in [3.8, 4) is 0 Å². The predicted molar refractivity (Wildman–Crippen MR) is 64.4 cm³/mol. The Morgan fingerprint density at radius 1 is 1.69 bits per heavy atom. The first-order valence-electron chi connectivity index (χ1n) is 4.53. The first-order chi connectivity index (χ1) is 7.40. The highest BCUT2D eigenvalue weighted by atomic mass is 79.9. The standard InChI is InChI=1S/C10H10BrClFNO2/c1-5(2-10(15)16)14-9-4-7(12)8(13)3-6(9)11/h3-5,14H,2H2,1H3,(H,15,16). The van der Waals surface area contributed by atoms with Crippen LogP contribution in [0.3, 0.4) is 0 Å². The molecule has 0 bridgehead atoms. The first-order valence-corrected chi connectivity index (χ1v) is 5.70. The molecule has 0 aliphatic heterocycles. The van der Waals surface area contributed by atoms with Crippen LogP contribution >= 0.6 is 27.5 Å². The molecule has 2 N–H and O–H groups in total. The first kappa shape index (κ1) is 13.3. The molecular formula is C10H10BrClFNO2. The number of aliphatic carboxylic acids is 1. The van der Waals surface area contributed by atoms with E-state index in [1.807, 2.05) is 0 Å². The number of hydrogen-bond acceptors (Lipinski definition) is 2. The number of nitrogens with one attached hydrogen (secondary N) is 1. The van der Waals surface area contributed by atoms with Crippen LogP contribution in [0.2, 0.25) is 5.02 Å². The maximum atomic E-state index is 13.0. The van der Waals surface area contributed by atoms with Crippen molar-refractivity contribution in [2.45, 2.75) is 19.4 Å². The van der Waals surface area contributed by atoms with Crippen LogP contribution < -0.4 is 5.32 Å². The van der Waals surface area contributed by atoms with E-state index in [1.165, 1.54) is 12.1 Å². The highest BCUT2D eigenvalue weighted by Gasteiger charge is 2.11. The van der Waals surface area contributed by atoms with E-state index in [0.29, 0.717) is 10.2 Å². The van der Waals surface area contributed by atoms with Gasteiger partial charge >= 0.3 is 5.97 Å². The van der Waals surface area contributed by atoms with Crippen LogP contribution in [0.15, 0.2) is 16.6 Å². The lowest BCUT2D eigenvalue weighted by molar-refractivity contribution is -0.137. The van der Waals surface area contributed by atoms with Crippen LogP contribution in [-0.4, -0.2) is 17.1 Å². The fourth-order valence-electron chi connectivity index (χ4n) is 1.21. The third kappa shape index (κ3) is 3.64. The molecule has 0 saturated heterocycles. The lowest BCUT2D eigenvalue weighted by Crippen LogP contribution is -2.19. The SMILES string of the molecule is CC(CC(=O)O)Nc1cc(Cl)c(F)cc1Br. The summed E-state index contributed by atoms with van der Waals surface area (Å²) in [6.45, 7) is 1.72. The highest BCUT2D eigenvalue weighted by molar-refractivity contribution is 9.10. The van der Waals surface area contributed by atoms with E-state index in [-0.39, 0.29) is 17.5 Å². The average Bonchev–Trinajstić information content (AvgIpc) is 2.12. The van der Waals surface area contributed by atoms with E-state index in [2.05, 4.69) is 21.2 Å². The van der Waals surface area contributed by atoms with Crippen molar-refractivity contribution < 1.29 is 14.3 Å². The van der Waals surface area contributed by atoms with Gasteiger partial charge in [0.05, 0.1) is 17.1 Å². The van der Waals surface area contributed by atoms with Crippen molar-refractivity contribution >= 4 is 39.2 Å². The van der Waals surface area contributed by atoms with Gasteiger partial charge in [0.1, 0.15) is 5.82 Å². The summed E-state index contributed by atoms with van der Waals surface area (Å²) in [4.78, 5) is 10.5. The summed E-state index contributed by atoms with van der Waals surface area (Å²) in [5, 5.41) is 11.5. The number of hydrogen-bond donors (Lipinski definition) is 2. The van der Waals surface area contributed by atoms with Crippen molar-refractivity contribution in [1.82, 2.24) is 0 Å². The summed E-state index contributed by atoms with van der Waals surface area (Å²) in [7, 11) is 0. The minimum absolute atomic E-state index is 0.00627. The molecule has 0 saturated carbocycles. The highest BCUT2D eigenvalue weighted by Crippen LogP contribution is 2.29. The molecule has 0 heterocycles. The van der Waals surface area contributed by atoms with Crippen molar-refractivity contribution in [2.24, 2.45) is 0 Å². The molecule has 0 aliphatic rings. The number of anilines is 1. The van der Waals surface area contributed by atoms with Crippen molar-refractivity contribution in [3.63, 3.8) is 0 Å². The summed E-state index contributed by atoms with van der Waals surface area (Å²) >= 11 is 8.79. The molecule has 3 nitrogen and oxygen atoms in total. The lowest BCUT2D eigenvalue weighted by Gasteiger charge is -2.15. The fraction of sp³-hybridized carbons (Fsp3) is 0.300. The van der Waals surface area contributed by atoms with E-state index in [1.54, 1.807) is 6.92 Å². The quantitative estimate of drug-likeness (QED) is 0.837. The van der Waals surface area contributed by atoms with Crippen LogP contribution in [0.5, 0.6) is 0 Å². The van der Waals surface area contributed by atoms with E-state index >= 15 is 0 Å². The summed E-state index contributed by atoms with van der Waals surface area (Å²) in [6, 6.07) is 2.38. The van der Waals surface area contributed by atoms with Crippen LogP contribution in [0.1, 0.15) is 13.3 Å². The van der Waals surface area contributed by atoms with Gasteiger partial charge in [0.15, 0.2) is 0 Å². The number of rotatable bonds is 4. The van der Waals surface area contributed by atoms with Gasteiger partial charge in [0.25, 0.3) is 0 Å². The maximum Gasteiger partial charge on any atom is 0.305 e. The van der Waals surface area contributed by atoms with Gasteiger partial charge in [0.2, 0.25) is 0 Å². The molecule has 0 fully saturated rings. The average molecular weight is 311 g/mol. The molecule has 1 aromatic rings. The second-order valence-electron chi connectivity index (χ2n) is 3.39. The maximum absolute atomic E-state index is 13.0. The van der Waals surface area contributed by atoms with Crippen LogP contribution in [-0.2, 0) is 4.79 Å². The van der Waals surface area contributed by atoms with E-state index in [0.717, 1.165) is 0 Å². The van der Waals surface area contributed by atoms with Gasteiger partial charge in [-0.2, -0.15) is 0 Å². The van der Waals surface area contributed by atoms with E-state index in [9.17, 15) is 9.18 Å². The Bertz CT molecular complexity index is 414. The van der Waals surface area contributed by atoms with Gasteiger partial charge < -0.3 is 10.4 Å². The lowest BCUT2D eigenvalue weighted by atomic mass is 10.2. The Balaban J connectivity index is 2.81. The molecule has 0 radical (unpaired) electrons. The molecule has 0 aliphatic carbocycles. The zero-order valence-corrected chi connectivity index (χ0v) is 10.8. The second kappa shape index (κ2) is 5.50. The third-order valence-corrected chi connectivity index (χ3v) is 2.84. The fourth-order valence-corrected chi connectivity index (χ4v) is 1.81. The monoisotopic (exact) mass is 309 g/mol. The smallest absolute Gasteiger partial charge is 0.305 e. The Morgan fingerprint density at radius 3 is 2.88 bits per heavy atom. The molecular weight excluding hydrogens is 300 g/mol. The van der Waals surface area contributed by atoms with Crippen molar-refractivity contribution in [1.29, 1.82) is 0 Å². The molecule has 16 heavy (non-hydrogen) atoms. The third-order valence-electron chi connectivity index (χ3n) is 1.89. The minimum atomic E-state index is -0.899. The van der Waals surface area contributed by atoms with Gasteiger partial charge in [-0.15, -0.1) is 0 Å². The van der Waals surface area contributed by atoms with Gasteiger partial charge in [-0.1, -0.05) is 11.6 Å². The minimum Gasteiger partial charge on any atom is -0.481 e. The number of carbonyl (C=O) groups is 1. The summed E-state index contributed by atoms with van der Waals surface area (Å²) < 4.78 is 13.5. The molecule has 0 spiro atoms. The van der Waals surface area contributed by atoms with Gasteiger partial charge in [-0.3, -0.25) is 4.79 Å². The Kier molecular flexibility index (Phi) is 4.56. The number of halogens is 3. The Morgan fingerprint density at radius 2 is 2.31 bits per heavy atom. The predicted octanol–water partition coefficient (Wildman–Crippen LogP) is 3.52. The van der Waals surface area contributed by atoms with Crippen LogP contribution in [0, 0.1) is 5.82 Å². The molecule has 0 amide bonds. The van der Waals surface area contributed by atoms with E-state index in [4.69, 9.17) is 16.7 Å². The summed E-state index contributed by atoms with van der Waals surface area (Å²) in [5.41, 5.74) is 0.570. The molecule has 1 unspecified atom stereocenters. The van der Waals surface area contributed by atoms with Crippen LogP contribution in [0.25, 0.3) is 0 Å². The second-order valence-corrected chi connectivity index (χ2v) is 4.65. The van der Waals surface area contributed by atoms with E-state index < -0.39 is 11.8 Å². The number of benzene rings is 1. The Hall–Kier alpha value is -0.810. The molecule has 1 rings (SSSR count). The van der Waals surface area contributed by atoms with Gasteiger partial charge in [-0.05, 0) is 35.0 Å². The van der Waals surface area contributed by atoms with Crippen molar-refractivity contribution in [2.75, 3.05) is 5.32 Å². The molecule has 6 heteroatoms. The zero-order valence-electron chi connectivity index (χ0n) is 8.43. The number of carboxylic acids is 1. The van der Waals surface area contributed by atoms with Gasteiger partial charge in [0, 0.05) is 10.5 Å². The molecule has 0 aromatic heterocycles. The molecule has 88 valence electrons. The van der Waals surface area contributed by atoms with Crippen molar-refractivity contribution in [3.05, 3.63) is 27.4 Å². The molecule has 1 aromatic carbocycles. The van der Waals surface area contributed by atoms with Gasteiger partial charge in [-0.25, -0.2) is 4.39 Å². The number of carboxylic acid groups (broad SMARTS) is 1. The largest absolute Gasteiger partial charge is 0.481 e. The normalized spacial score (nSPS) is 12.2. The summed E-state index contributed by atoms with van der Waals surface area (Å²) in [5.74, 6) is -1.42. The van der Waals surface area contributed by atoms with Crippen LogP contribution in [0.4, 0.5) is 10.1 Å². The summed E-state index contributed by atoms with van der Waals surface area (Å²) in [6.07, 6.45) is -0.0264.